The van der Waals surface area contributed by atoms with Crippen molar-refractivity contribution >= 4 is 11.9 Å². The SMILES string of the molecule is COc1cc(CCC(=O)OCC(=O)NCc2c(C)nn(Cc3ccccc3)c2C)cc(OC)c1OC. The summed E-state index contributed by atoms with van der Waals surface area (Å²) in [5.74, 6) is 0.668. The Labute approximate surface area is 211 Å². The van der Waals surface area contributed by atoms with Crippen molar-refractivity contribution in [2.75, 3.05) is 27.9 Å². The van der Waals surface area contributed by atoms with E-state index in [1.807, 2.05) is 48.9 Å². The molecule has 0 aliphatic rings. The van der Waals surface area contributed by atoms with E-state index in [4.69, 9.17) is 18.9 Å². The number of carbonyl (C=O) groups is 2. The lowest BCUT2D eigenvalue weighted by atomic mass is 10.1. The second kappa shape index (κ2) is 12.6. The average Bonchev–Trinajstić information content (AvgIpc) is 3.16. The number of hydrogen-bond donors (Lipinski definition) is 1. The maximum Gasteiger partial charge on any atom is 0.306 e. The van der Waals surface area contributed by atoms with E-state index in [1.54, 1.807) is 12.1 Å². The van der Waals surface area contributed by atoms with Gasteiger partial charge in [0.15, 0.2) is 18.1 Å². The number of aryl methyl sites for hydroxylation is 2. The van der Waals surface area contributed by atoms with Crippen molar-refractivity contribution < 1.29 is 28.5 Å². The fourth-order valence-corrected chi connectivity index (χ4v) is 3.88. The molecule has 0 aliphatic carbocycles. The molecule has 9 nitrogen and oxygen atoms in total. The van der Waals surface area contributed by atoms with E-state index < -0.39 is 5.97 Å². The number of ether oxygens (including phenoxy) is 4. The molecule has 9 heteroatoms. The number of nitrogens with zero attached hydrogens (tertiary/aromatic N) is 2. The van der Waals surface area contributed by atoms with E-state index in [9.17, 15) is 9.59 Å². The summed E-state index contributed by atoms with van der Waals surface area (Å²) >= 11 is 0. The molecule has 0 atom stereocenters. The molecule has 3 rings (SSSR count). The van der Waals surface area contributed by atoms with Crippen LogP contribution in [0.3, 0.4) is 0 Å². The minimum Gasteiger partial charge on any atom is -0.493 e. The predicted molar refractivity (Wildman–Crippen MR) is 134 cm³/mol. The Hall–Kier alpha value is -4.01. The Balaban J connectivity index is 1.47. The molecule has 36 heavy (non-hydrogen) atoms. The summed E-state index contributed by atoms with van der Waals surface area (Å²) in [5.41, 5.74) is 4.76. The highest BCUT2D eigenvalue weighted by molar-refractivity contribution is 5.80. The third-order valence-electron chi connectivity index (χ3n) is 5.88. The highest BCUT2D eigenvalue weighted by atomic mass is 16.5. The molecule has 0 saturated carbocycles. The number of esters is 1. The molecule has 192 valence electrons. The maximum absolute atomic E-state index is 12.3. The molecule has 0 radical (unpaired) electrons. The molecule has 0 aliphatic heterocycles. The van der Waals surface area contributed by atoms with Crippen LogP contribution in [-0.2, 0) is 33.8 Å². The van der Waals surface area contributed by atoms with Gasteiger partial charge in [0.2, 0.25) is 5.75 Å². The molecule has 1 N–H and O–H groups in total. The van der Waals surface area contributed by atoms with Crippen molar-refractivity contribution in [1.82, 2.24) is 15.1 Å². The predicted octanol–water partition coefficient (Wildman–Crippen LogP) is 3.37. The van der Waals surface area contributed by atoms with Gasteiger partial charge in [-0.25, -0.2) is 0 Å². The normalized spacial score (nSPS) is 10.6. The van der Waals surface area contributed by atoms with Gasteiger partial charge < -0.3 is 24.3 Å². The van der Waals surface area contributed by atoms with Gasteiger partial charge in [-0.05, 0) is 43.5 Å². The lowest BCUT2D eigenvalue weighted by Gasteiger charge is -2.14. The Morgan fingerprint density at radius 3 is 2.22 bits per heavy atom. The Bertz CT molecular complexity index is 1160. The molecule has 0 bridgehead atoms. The van der Waals surface area contributed by atoms with E-state index in [0.717, 1.165) is 28.1 Å². The molecular weight excluding hydrogens is 462 g/mol. The maximum atomic E-state index is 12.3. The van der Waals surface area contributed by atoms with Gasteiger partial charge in [0, 0.05) is 24.2 Å². The molecule has 2 aromatic carbocycles. The minimum absolute atomic E-state index is 0.108. The second-order valence-electron chi connectivity index (χ2n) is 8.26. The van der Waals surface area contributed by atoms with Gasteiger partial charge in [0.1, 0.15) is 0 Å². The van der Waals surface area contributed by atoms with Crippen LogP contribution in [0.1, 0.15) is 34.5 Å². The van der Waals surface area contributed by atoms with Gasteiger partial charge in [0.05, 0.1) is 33.6 Å². The first-order valence-electron chi connectivity index (χ1n) is 11.6. The standard InChI is InChI=1S/C27H33N3O6/c1-18-22(19(2)30(29-18)16-20-9-7-6-8-10-20)15-28-25(31)17-36-26(32)12-11-21-13-23(33-3)27(35-5)24(14-21)34-4/h6-10,13-14H,11-12,15-17H2,1-5H3,(H,28,31). The Morgan fingerprint density at radius 2 is 1.61 bits per heavy atom. The summed E-state index contributed by atoms with van der Waals surface area (Å²) in [6.07, 6.45) is 0.506. The topological polar surface area (TPSA) is 101 Å². The number of rotatable bonds is 12. The largest absolute Gasteiger partial charge is 0.493 e. The van der Waals surface area contributed by atoms with Crippen molar-refractivity contribution in [3.8, 4) is 17.2 Å². The van der Waals surface area contributed by atoms with Crippen LogP contribution in [0.2, 0.25) is 0 Å². The zero-order chi connectivity index (χ0) is 26.1. The smallest absolute Gasteiger partial charge is 0.306 e. The van der Waals surface area contributed by atoms with Gasteiger partial charge in [-0.3, -0.25) is 14.3 Å². The van der Waals surface area contributed by atoms with Crippen LogP contribution >= 0.6 is 0 Å². The van der Waals surface area contributed by atoms with Crippen molar-refractivity contribution in [2.45, 2.75) is 39.8 Å². The van der Waals surface area contributed by atoms with Crippen molar-refractivity contribution in [1.29, 1.82) is 0 Å². The first-order chi connectivity index (χ1) is 17.4. The van der Waals surface area contributed by atoms with Crippen LogP contribution in [0.15, 0.2) is 42.5 Å². The van der Waals surface area contributed by atoms with Crippen LogP contribution in [0, 0.1) is 13.8 Å². The molecule has 0 spiro atoms. The molecule has 3 aromatic rings. The molecule has 0 saturated heterocycles. The number of methoxy groups -OCH3 is 3. The van der Waals surface area contributed by atoms with Gasteiger partial charge >= 0.3 is 5.97 Å². The number of benzene rings is 2. The van der Waals surface area contributed by atoms with Crippen molar-refractivity contribution in [2.24, 2.45) is 0 Å². The number of aromatic nitrogens is 2. The fraction of sp³-hybridized carbons (Fsp3) is 0.370. The van der Waals surface area contributed by atoms with Crippen LogP contribution in [0.4, 0.5) is 0 Å². The van der Waals surface area contributed by atoms with E-state index in [0.29, 0.717) is 36.8 Å². The van der Waals surface area contributed by atoms with Gasteiger partial charge in [-0.1, -0.05) is 30.3 Å². The van der Waals surface area contributed by atoms with Crippen LogP contribution in [0.5, 0.6) is 17.2 Å². The summed E-state index contributed by atoms with van der Waals surface area (Å²) in [5, 5.41) is 7.41. The Morgan fingerprint density at radius 1 is 0.944 bits per heavy atom. The third-order valence-corrected chi connectivity index (χ3v) is 5.88. The summed E-state index contributed by atoms with van der Waals surface area (Å²) in [6.45, 7) is 4.52. The average molecular weight is 496 g/mol. The summed E-state index contributed by atoms with van der Waals surface area (Å²) in [7, 11) is 4.60. The highest BCUT2D eigenvalue weighted by Crippen LogP contribution is 2.38. The molecular formula is C27H33N3O6. The second-order valence-corrected chi connectivity index (χ2v) is 8.26. The van der Waals surface area contributed by atoms with Crippen LogP contribution < -0.4 is 19.5 Å². The summed E-state index contributed by atoms with van der Waals surface area (Å²) in [6, 6.07) is 13.6. The van der Waals surface area contributed by atoms with Gasteiger partial charge in [0.25, 0.3) is 5.91 Å². The lowest BCUT2D eigenvalue weighted by Crippen LogP contribution is -2.28. The van der Waals surface area contributed by atoms with Gasteiger partial charge in [-0.15, -0.1) is 0 Å². The van der Waals surface area contributed by atoms with Gasteiger partial charge in [-0.2, -0.15) is 5.10 Å². The van der Waals surface area contributed by atoms with E-state index in [-0.39, 0.29) is 18.9 Å². The zero-order valence-corrected chi connectivity index (χ0v) is 21.4. The molecule has 1 aromatic heterocycles. The Kier molecular flexibility index (Phi) is 9.32. The monoisotopic (exact) mass is 495 g/mol. The van der Waals surface area contributed by atoms with E-state index in [2.05, 4.69) is 10.4 Å². The summed E-state index contributed by atoms with van der Waals surface area (Å²) in [4.78, 5) is 24.5. The third kappa shape index (κ3) is 6.78. The number of hydrogen-bond acceptors (Lipinski definition) is 7. The first-order valence-corrected chi connectivity index (χ1v) is 11.6. The van der Waals surface area contributed by atoms with Crippen LogP contribution in [-0.4, -0.2) is 49.6 Å². The molecule has 0 fully saturated rings. The number of nitrogens with one attached hydrogen (secondary N) is 1. The molecule has 1 amide bonds. The molecule has 0 unspecified atom stereocenters. The van der Waals surface area contributed by atoms with Crippen molar-refractivity contribution in [3.05, 3.63) is 70.5 Å². The first kappa shape index (κ1) is 26.6. The minimum atomic E-state index is -0.470. The number of carbonyl (C=O) groups excluding carboxylic acids is 2. The lowest BCUT2D eigenvalue weighted by molar-refractivity contribution is -0.148. The highest BCUT2D eigenvalue weighted by Gasteiger charge is 2.16. The fourth-order valence-electron chi connectivity index (χ4n) is 3.88. The van der Waals surface area contributed by atoms with Crippen molar-refractivity contribution in [3.63, 3.8) is 0 Å². The zero-order valence-electron chi connectivity index (χ0n) is 21.4. The van der Waals surface area contributed by atoms with E-state index in [1.165, 1.54) is 21.3 Å². The van der Waals surface area contributed by atoms with Crippen LogP contribution in [0.25, 0.3) is 0 Å². The summed E-state index contributed by atoms with van der Waals surface area (Å²) < 4.78 is 23.1. The number of amides is 1. The molecule has 1 heterocycles. The quantitative estimate of drug-likeness (QED) is 0.385. The van der Waals surface area contributed by atoms with E-state index >= 15 is 0 Å².